The standard InChI is InChI=1S/C33H41N5O5S/c1-32(2,3)43-31(41)38-13-5-8-21(17-38)37-30(40)28-25-24-22(9-10-23(34)27(24)44-28)33(36,29(39)26(25)35)20-7-4-6-19(16-20)18-11-14-42-15-12-18/h4,6-7,9-10,16,18,21,26H,5,8,11-15,17,34-36H2,1-3H3,(H,37,40)/t21-,26?,33?/m1/s1. The van der Waals surface area contributed by atoms with Crippen LogP contribution in [-0.2, 0) is 19.8 Å². The molecule has 2 fully saturated rings. The van der Waals surface area contributed by atoms with E-state index < -0.39 is 23.3 Å². The number of Topliss-reactive ketones (excluding diaryl/α,β-unsaturated/α-hetero) is 1. The molecule has 0 bridgehead atoms. The maximum atomic E-state index is 14.2. The number of nitrogens with one attached hydrogen (secondary N) is 1. The average molecular weight is 620 g/mol. The quantitative estimate of drug-likeness (QED) is 0.314. The number of amides is 2. The van der Waals surface area contributed by atoms with Crippen LogP contribution in [0.2, 0.25) is 0 Å². The van der Waals surface area contributed by atoms with E-state index in [-0.39, 0.29) is 17.7 Å². The minimum atomic E-state index is -1.51. The van der Waals surface area contributed by atoms with Crippen LogP contribution in [0.3, 0.4) is 0 Å². The van der Waals surface area contributed by atoms with E-state index in [4.69, 9.17) is 26.7 Å². The topological polar surface area (TPSA) is 163 Å². The van der Waals surface area contributed by atoms with Gasteiger partial charge in [-0.3, -0.25) is 9.59 Å². The zero-order valence-corrected chi connectivity index (χ0v) is 26.3. The molecular formula is C33H41N5O5S. The van der Waals surface area contributed by atoms with Gasteiger partial charge in [-0.05, 0) is 75.1 Å². The fourth-order valence-electron chi connectivity index (χ4n) is 6.75. The maximum Gasteiger partial charge on any atom is 0.410 e. The predicted molar refractivity (Wildman–Crippen MR) is 171 cm³/mol. The van der Waals surface area contributed by atoms with Crippen LogP contribution in [0.4, 0.5) is 10.5 Å². The van der Waals surface area contributed by atoms with Gasteiger partial charge in [-0.25, -0.2) is 4.79 Å². The third-order valence-corrected chi connectivity index (χ3v) is 10.2. The van der Waals surface area contributed by atoms with Crippen LogP contribution in [0.5, 0.6) is 0 Å². The Morgan fingerprint density at radius 1 is 1.14 bits per heavy atom. The van der Waals surface area contributed by atoms with Crippen molar-refractivity contribution in [1.29, 1.82) is 0 Å². The summed E-state index contributed by atoms with van der Waals surface area (Å²) in [5.41, 5.74) is 21.5. The van der Waals surface area contributed by atoms with Crippen molar-refractivity contribution >= 4 is 44.9 Å². The van der Waals surface area contributed by atoms with E-state index in [1.165, 1.54) is 11.3 Å². The van der Waals surface area contributed by atoms with Crippen molar-refractivity contribution in [2.75, 3.05) is 32.0 Å². The van der Waals surface area contributed by atoms with E-state index in [9.17, 15) is 14.4 Å². The molecule has 1 aromatic heterocycles. The lowest BCUT2D eigenvalue weighted by atomic mass is 9.70. The number of anilines is 1. The summed E-state index contributed by atoms with van der Waals surface area (Å²) in [5, 5.41) is 3.76. The number of likely N-dealkylation sites (tertiary alicyclic amines) is 1. The lowest BCUT2D eigenvalue weighted by Crippen LogP contribution is -2.53. The number of carbonyl (C=O) groups excluding carboxylic acids is 3. The van der Waals surface area contributed by atoms with Crippen LogP contribution in [0, 0.1) is 0 Å². The number of ketones is 1. The number of piperidine rings is 1. The molecule has 234 valence electrons. The van der Waals surface area contributed by atoms with Crippen molar-refractivity contribution in [1.82, 2.24) is 10.2 Å². The second-order valence-corrected chi connectivity index (χ2v) is 14.2. The van der Waals surface area contributed by atoms with Crippen molar-refractivity contribution in [2.45, 2.75) is 75.6 Å². The van der Waals surface area contributed by atoms with Gasteiger partial charge < -0.3 is 36.9 Å². The zero-order valence-electron chi connectivity index (χ0n) is 25.5. The van der Waals surface area contributed by atoms with Crippen LogP contribution < -0.4 is 22.5 Å². The lowest BCUT2D eigenvalue weighted by Gasteiger charge is -2.37. The average Bonchev–Trinajstić information content (AvgIpc) is 3.41. The zero-order chi connectivity index (χ0) is 31.4. The van der Waals surface area contributed by atoms with Gasteiger partial charge in [0.2, 0.25) is 0 Å². The first-order chi connectivity index (χ1) is 20.9. The van der Waals surface area contributed by atoms with Crippen molar-refractivity contribution in [3.8, 4) is 0 Å². The molecule has 7 N–H and O–H groups in total. The molecule has 44 heavy (non-hydrogen) atoms. The summed E-state index contributed by atoms with van der Waals surface area (Å²) in [6.45, 7) is 7.76. The molecule has 2 amide bonds. The number of nitrogen functional groups attached to an aromatic ring is 1. The number of thiophene rings is 1. The summed E-state index contributed by atoms with van der Waals surface area (Å²) in [6, 6.07) is 10.0. The highest BCUT2D eigenvalue weighted by molar-refractivity contribution is 7.21. The number of benzene rings is 2. The highest BCUT2D eigenvalue weighted by atomic mass is 32.1. The number of rotatable bonds is 4. The molecule has 2 aliphatic heterocycles. The molecule has 0 spiro atoms. The summed E-state index contributed by atoms with van der Waals surface area (Å²) in [7, 11) is 0. The lowest BCUT2D eigenvalue weighted by molar-refractivity contribution is -0.124. The van der Waals surface area contributed by atoms with Crippen LogP contribution in [-0.4, -0.2) is 60.6 Å². The summed E-state index contributed by atoms with van der Waals surface area (Å²) >= 11 is 1.22. The first kappa shape index (κ1) is 30.5. The number of hydrogen-bond acceptors (Lipinski definition) is 9. The highest BCUT2D eigenvalue weighted by Crippen LogP contribution is 2.49. The van der Waals surface area contributed by atoms with Crippen LogP contribution in [0.25, 0.3) is 10.1 Å². The third-order valence-electron chi connectivity index (χ3n) is 8.96. The SMILES string of the molecule is CC(C)(C)OC(=O)N1CCC[C@@H](NC(=O)c2sc3c(N)ccc4c3c2C(N)C(=O)C4(N)c2cccc(C3CCOCC3)c2)C1. The molecule has 3 heterocycles. The van der Waals surface area contributed by atoms with Gasteiger partial charge in [-0.2, -0.15) is 0 Å². The molecule has 1 aliphatic carbocycles. The van der Waals surface area contributed by atoms with Gasteiger partial charge in [0, 0.05) is 49.0 Å². The van der Waals surface area contributed by atoms with Crippen LogP contribution >= 0.6 is 11.3 Å². The summed E-state index contributed by atoms with van der Waals surface area (Å²) in [6.07, 6.45) is 2.84. The molecule has 3 aromatic rings. The van der Waals surface area contributed by atoms with E-state index >= 15 is 0 Å². The summed E-state index contributed by atoms with van der Waals surface area (Å²) in [5.74, 6) is -0.401. The number of hydrogen-bond donors (Lipinski definition) is 4. The second-order valence-electron chi connectivity index (χ2n) is 13.2. The Labute approximate surface area is 261 Å². The predicted octanol–water partition coefficient (Wildman–Crippen LogP) is 4.29. The molecule has 2 unspecified atom stereocenters. The normalized spacial score (nSPS) is 24.4. The molecule has 0 radical (unpaired) electrons. The van der Waals surface area contributed by atoms with E-state index in [0.717, 1.165) is 24.8 Å². The summed E-state index contributed by atoms with van der Waals surface area (Å²) in [4.78, 5) is 42.7. The third kappa shape index (κ3) is 5.36. The van der Waals surface area contributed by atoms with Crippen LogP contribution in [0.15, 0.2) is 36.4 Å². The maximum absolute atomic E-state index is 14.2. The Morgan fingerprint density at radius 2 is 1.89 bits per heavy atom. The fraction of sp³-hybridized carbons (Fsp3) is 0.485. The Bertz CT molecular complexity index is 1620. The molecular weight excluding hydrogens is 578 g/mol. The van der Waals surface area contributed by atoms with Gasteiger partial charge in [0.1, 0.15) is 11.1 Å². The smallest absolute Gasteiger partial charge is 0.410 e. The van der Waals surface area contributed by atoms with Crippen LogP contribution in [0.1, 0.15) is 90.3 Å². The van der Waals surface area contributed by atoms with E-state index in [1.54, 1.807) is 17.0 Å². The first-order valence-electron chi connectivity index (χ1n) is 15.3. The van der Waals surface area contributed by atoms with E-state index in [1.807, 2.05) is 39.0 Å². The number of nitrogens with two attached hydrogens (primary N) is 3. The molecule has 10 nitrogen and oxygen atoms in total. The molecule has 3 aliphatic rings. The largest absolute Gasteiger partial charge is 0.444 e. The number of carbonyl (C=O) groups is 3. The number of nitrogens with zero attached hydrogens (tertiary/aromatic N) is 1. The van der Waals surface area contributed by atoms with E-state index in [2.05, 4.69) is 11.4 Å². The monoisotopic (exact) mass is 619 g/mol. The Balaban J connectivity index is 1.34. The van der Waals surface area contributed by atoms with Crippen molar-refractivity contribution < 1.29 is 23.9 Å². The minimum Gasteiger partial charge on any atom is -0.444 e. The number of ether oxygens (including phenoxy) is 2. The van der Waals surface area contributed by atoms with Crippen molar-refractivity contribution in [3.63, 3.8) is 0 Å². The van der Waals surface area contributed by atoms with Gasteiger partial charge >= 0.3 is 6.09 Å². The second kappa shape index (κ2) is 11.4. The van der Waals surface area contributed by atoms with Crippen molar-refractivity contribution in [3.05, 3.63) is 63.5 Å². The Hall–Kier alpha value is -3.51. The molecule has 6 rings (SSSR count). The van der Waals surface area contributed by atoms with Gasteiger partial charge in [-0.1, -0.05) is 30.3 Å². The Morgan fingerprint density at radius 3 is 2.61 bits per heavy atom. The molecule has 0 saturated carbocycles. The van der Waals surface area contributed by atoms with Gasteiger partial charge in [-0.15, -0.1) is 11.3 Å². The molecule has 2 aromatic carbocycles. The Kier molecular flexibility index (Phi) is 7.94. The molecule has 11 heteroatoms. The van der Waals surface area contributed by atoms with Gasteiger partial charge in [0.15, 0.2) is 5.78 Å². The van der Waals surface area contributed by atoms with Crippen molar-refractivity contribution in [2.24, 2.45) is 11.5 Å². The fourth-order valence-corrected chi connectivity index (χ4v) is 7.96. The van der Waals surface area contributed by atoms with Gasteiger partial charge in [0.25, 0.3) is 5.91 Å². The molecule has 3 atom stereocenters. The molecule has 2 saturated heterocycles. The van der Waals surface area contributed by atoms with Gasteiger partial charge in [0.05, 0.1) is 15.6 Å². The minimum absolute atomic E-state index is 0.282. The highest BCUT2D eigenvalue weighted by Gasteiger charge is 2.49. The summed E-state index contributed by atoms with van der Waals surface area (Å²) < 4.78 is 11.8. The van der Waals surface area contributed by atoms with E-state index in [0.29, 0.717) is 76.0 Å². The first-order valence-corrected chi connectivity index (χ1v) is 16.1.